The van der Waals surface area contributed by atoms with Crippen LogP contribution in [0.4, 0.5) is 10.1 Å². The monoisotopic (exact) mass is 181 g/mol. The van der Waals surface area contributed by atoms with Crippen LogP contribution < -0.4 is 0 Å². The van der Waals surface area contributed by atoms with Crippen LogP contribution >= 0.6 is 0 Å². The average molecular weight is 181 g/mol. The van der Waals surface area contributed by atoms with Crippen LogP contribution in [0.15, 0.2) is 28.9 Å². The van der Waals surface area contributed by atoms with Crippen molar-refractivity contribution < 1.29 is 13.7 Å². The number of halogens is 1. The number of furan rings is 1. The van der Waals surface area contributed by atoms with Gasteiger partial charge in [-0.3, -0.25) is 10.1 Å². The van der Waals surface area contributed by atoms with Crippen molar-refractivity contribution in [2.45, 2.75) is 0 Å². The minimum atomic E-state index is -0.606. The van der Waals surface area contributed by atoms with E-state index in [0.717, 1.165) is 12.1 Å². The molecule has 1 aromatic carbocycles. The van der Waals surface area contributed by atoms with Crippen LogP contribution in [0.5, 0.6) is 0 Å². The van der Waals surface area contributed by atoms with Gasteiger partial charge in [-0.2, -0.15) is 0 Å². The van der Waals surface area contributed by atoms with Crippen LogP contribution in [0.25, 0.3) is 11.0 Å². The quantitative estimate of drug-likeness (QED) is 0.501. The Labute approximate surface area is 71.7 Å². The molecule has 0 saturated carbocycles. The first kappa shape index (κ1) is 7.72. The van der Waals surface area contributed by atoms with Crippen LogP contribution in [0.1, 0.15) is 0 Å². The number of fused-ring (bicyclic) bond motifs is 1. The SMILES string of the molecule is O=[N+]([O-])c1ccc(F)c2ccoc12. The van der Waals surface area contributed by atoms with Gasteiger partial charge in [0.15, 0.2) is 0 Å². The third kappa shape index (κ3) is 1.05. The smallest absolute Gasteiger partial charge is 0.312 e. The maximum absolute atomic E-state index is 13.0. The van der Waals surface area contributed by atoms with Crippen LogP contribution in [-0.4, -0.2) is 4.92 Å². The van der Waals surface area contributed by atoms with Gasteiger partial charge in [0.1, 0.15) is 5.82 Å². The first-order valence-electron chi connectivity index (χ1n) is 3.50. The molecule has 0 bridgehead atoms. The van der Waals surface area contributed by atoms with E-state index in [-0.39, 0.29) is 16.7 Å². The van der Waals surface area contributed by atoms with Crippen LogP contribution in [0.3, 0.4) is 0 Å². The summed E-state index contributed by atoms with van der Waals surface area (Å²) in [5, 5.41) is 10.6. The van der Waals surface area contributed by atoms with Gasteiger partial charge in [-0.25, -0.2) is 4.39 Å². The molecule has 13 heavy (non-hydrogen) atoms. The zero-order valence-electron chi connectivity index (χ0n) is 6.36. The van der Waals surface area contributed by atoms with E-state index in [9.17, 15) is 14.5 Å². The van der Waals surface area contributed by atoms with Gasteiger partial charge < -0.3 is 4.42 Å². The van der Waals surface area contributed by atoms with E-state index in [1.165, 1.54) is 12.3 Å². The highest BCUT2D eigenvalue weighted by Gasteiger charge is 2.16. The lowest BCUT2D eigenvalue weighted by molar-refractivity contribution is -0.383. The van der Waals surface area contributed by atoms with Crippen molar-refractivity contribution in [2.75, 3.05) is 0 Å². The Morgan fingerprint density at radius 2 is 2.15 bits per heavy atom. The molecule has 0 unspecified atom stereocenters. The zero-order valence-corrected chi connectivity index (χ0v) is 6.36. The van der Waals surface area contributed by atoms with Gasteiger partial charge in [0, 0.05) is 6.07 Å². The second-order valence-electron chi connectivity index (χ2n) is 2.49. The molecule has 0 spiro atoms. The molecule has 66 valence electrons. The largest absolute Gasteiger partial charge is 0.457 e. The van der Waals surface area contributed by atoms with E-state index in [2.05, 4.69) is 0 Å². The highest BCUT2D eigenvalue weighted by atomic mass is 19.1. The van der Waals surface area contributed by atoms with Gasteiger partial charge in [-0.05, 0) is 12.1 Å². The minimum absolute atomic E-state index is 0.0231. The van der Waals surface area contributed by atoms with Crippen molar-refractivity contribution in [3.8, 4) is 0 Å². The van der Waals surface area contributed by atoms with E-state index < -0.39 is 10.7 Å². The number of nitrogens with zero attached hydrogens (tertiary/aromatic N) is 1. The van der Waals surface area contributed by atoms with Crippen molar-refractivity contribution in [1.82, 2.24) is 0 Å². The third-order valence-electron chi connectivity index (χ3n) is 1.74. The number of rotatable bonds is 1. The Bertz CT molecular complexity index is 477. The fourth-order valence-electron chi connectivity index (χ4n) is 1.16. The molecular formula is C8H4FNO3. The zero-order chi connectivity index (χ0) is 9.42. The summed E-state index contributed by atoms with van der Waals surface area (Å²) in [6.45, 7) is 0. The molecule has 0 fully saturated rings. The molecule has 1 heterocycles. The highest BCUT2D eigenvalue weighted by molar-refractivity contribution is 5.85. The van der Waals surface area contributed by atoms with Gasteiger partial charge >= 0.3 is 5.69 Å². The predicted molar refractivity (Wildman–Crippen MR) is 42.8 cm³/mol. The Balaban J connectivity index is 2.86. The maximum Gasteiger partial charge on any atom is 0.312 e. The van der Waals surface area contributed by atoms with E-state index in [1.807, 2.05) is 0 Å². The molecule has 1 aromatic heterocycles. The summed E-state index contributed by atoms with van der Waals surface area (Å²) >= 11 is 0. The summed E-state index contributed by atoms with van der Waals surface area (Å²) in [7, 11) is 0. The molecule has 0 aliphatic carbocycles. The fraction of sp³-hybridized carbons (Fsp3) is 0. The van der Waals surface area contributed by atoms with Crippen LogP contribution in [0, 0.1) is 15.9 Å². The summed E-state index contributed by atoms with van der Waals surface area (Å²) < 4.78 is 17.8. The van der Waals surface area contributed by atoms with Crippen molar-refractivity contribution in [3.05, 3.63) is 40.4 Å². The van der Waals surface area contributed by atoms with E-state index in [1.54, 1.807) is 0 Å². The molecule has 0 aliphatic rings. The Hall–Kier alpha value is -1.91. The molecule has 0 radical (unpaired) electrons. The molecule has 0 atom stereocenters. The molecule has 0 saturated heterocycles. The summed E-state index contributed by atoms with van der Waals surface area (Å²) in [5.41, 5.74) is -0.244. The lowest BCUT2D eigenvalue weighted by Crippen LogP contribution is -1.88. The standard InChI is InChI=1S/C8H4FNO3/c9-6-1-2-7(10(11)12)8-5(6)3-4-13-8/h1-4H. The lowest BCUT2D eigenvalue weighted by atomic mass is 10.2. The van der Waals surface area contributed by atoms with Crippen LogP contribution in [0.2, 0.25) is 0 Å². The number of benzene rings is 1. The van der Waals surface area contributed by atoms with Gasteiger partial charge in [-0.15, -0.1) is 0 Å². The molecule has 5 heteroatoms. The van der Waals surface area contributed by atoms with Gasteiger partial charge in [0.25, 0.3) is 0 Å². The number of nitro benzene ring substituents is 1. The molecular weight excluding hydrogens is 177 g/mol. The molecule has 0 N–H and O–H groups in total. The van der Waals surface area contributed by atoms with E-state index in [4.69, 9.17) is 4.42 Å². The number of non-ortho nitro benzene ring substituents is 1. The highest BCUT2D eigenvalue weighted by Crippen LogP contribution is 2.28. The first-order chi connectivity index (χ1) is 6.20. The molecule has 2 rings (SSSR count). The van der Waals surface area contributed by atoms with Gasteiger partial charge in [0.05, 0.1) is 16.6 Å². The Morgan fingerprint density at radius 1 is 1.38 bits per heavy atom. The molecule has 2 aromatic rings. The van der Waals surface area contributed by atoms with Gasteiger partial charge in [-0.1, -0.05) is 0 Å². The fourth-order valence-corrected chi connectivity index (χ4v) is 1.16. The average Bonchev–Trinajstić information content (AvgIpc) is 2.53. The van der Waals surface area contributed by atoms with Crippen molar-refractivity contribution >= 4 is 16.7 Å². The molecule has 0 aliphatic heterocycles. The minimum Gasteiger partial charge on any atom is -0.457 e. The van der Waals surface area contributed by atoms with Crippen molar-refractivity contribution in [2.24, 2.45) is 0 Å². The lowest BCUT2D eigenvalue weighted by Gasteiger charge is -1.92. The topological polar surface area (TPSA) is 56.3 Å². The van der Waals surface area contributed by atoms with Crippen LogP contribution in [-0.2, 0) is 0 Å². The normalized spacial score (nSPS) is 10.5. The third-order valence-corrected chi connectivity index (χ3v) is 1.74. The molecule has 4 nitrogen and oxygen atoms in total. The summed E-state index contributed by atoms with van der Waals surface area (Å²) in [6, 6.07) is 3.49. The van der Waals surface area contributed by atoms with Crippen molar-refractivity contribution in [1.29, 1.82) is 0 Å². The Kier molecular flexibility index (Phi) is 1.51. The second-order valence-corrected chi connectivity index (χ2v) is 2.49. The number of hydrogen-bond donors (Lipinski definition) is 0. The second kappa shape index (κ2) is 2.55. The van der Waals surface area contributed by atoms with E-state index in [0.29, 0.717) is 0 Å². The van der Waals surface area contributed by atoms with E-state index >= 15 is 0 Å². The first-order valence-corrected chi connectivity index (χ1v) is 3.50. The van der Waals surface area contributed by atoms with Gasteiger partial charge in [0.2, 0.25) is 5.58 Å². The maximum atomic E-state index is 13.0. The summed E-state index contributed by atoms with van der Waals surface area (Å²) in [6.07, 6.45) is 1.22. The Morgan fingerprint density at radius 3 is 2.85 bits per heavy atom. The summed E-state index contributed by atoms with van der Waals surface area (Å²) in [5.74, 6) is -0.519. The number of hydrogen-bond acceptors (Lipinski definition) is 3. The summed E-state index contributed by atoms with van der Waals surface area (Å²) in [4.78, 5) is 9.84. The molecule has 0 amide bonds. The predicted octanol–water partition coefficient (Wildman–Crippen LogP) is 2.48. The number of nitro groups is 1. The van der Waals surface area contributed by atoms with Crippen molar-refractivity contribution in [3.63, 3.8) is 0 Å².